The van der Waals surface area contributed by atoms with E-state index in [9.17, 15) is 40.5 Å². The van der Waals surface area contributed by atoms with Crippen LogP contribution in [0.25, 0.3) is 0 Å². The first-order valence-electron chi connectivity index (χ1n) is 24.4. The van der Waals surface area contributed by atoms with E-state index in [1.165, 1.54) is 99.9 Å². The van der Waals surface area contributed by atoms with Crippen LogP contribution in [0, 0.1) is 40.5 Å². The molecule has 8 rings (SSSR count). The summed E-state index contributed by atoms with van der Waals surface area (Å²) in [6.45, 7) is 5.74. The van der Waals surface area contributed by atoms with Crippen LogP contribution in [0.4, 0.5) is 45.5 Å². The molecule has 3 aliphatic rings. The molecule has 21 heteroatoms. The van der Waals surface area contributed by atoms with Gasteiger partial charge < -0.3 is 25.3 Å². The van der Waals surface area contributed by atoms with Gasteiger partial charge in [0.25, 0.3) is 22.7 Å². The number of nitrogens with one attached hydrogen (secondary N) is 2. The highest BCUT2D eigenvalue weighted by atomic mass is 35.5. The van der Waals surface area contributed by atoms with Crippen LogP contribution in [0.1, 0.15) is 89.5 Å². The van der Waals surface area contributed by atoms with E-state index in [0.717, 1.165) is 67.9 Å². The molecule has 0 spiro atoms. The number of nitro benzene ring substituents is 4. The van der Waals surface area contributed by atoms with Crippen molar-refractivity contribution in [2.24, 2.45) is 0 Å². The van der Waals surface area contributed by atoms with Crippen molar-refractivity contribution >= 4 is 91.9 Å². The van der Waals surface area contributed by atoms with Crippen molar-refractivity contribution in [3.05, 3.63) is 169 Å². The van der Waals surface area contributed by atoms with E-state index in [-0.39, 0.29) is 22.7 Å². The van der Waals surface area contributed by atoms with Gasteiger partial charge in [0.05, 0.1) is 62.5 Å². The SMILES string of the molecule is CCN(c1ccc([N+](=O)[O-])cc1Cl)C1CCCCC1.CN1CCC(N(C)c2ccc([N+](=O)[O-])cc2Cl)CC1.O=[N+]([O-])c1ccc(NC2CCCCC2)c(Cl)c1.O=[N+]([O-])c1ccc(NCc2ccccc2)c(Cl)c1. The monoisotopic (exact) mass is 1080 g/mol. The van der Waals surface area contributed by atoms with Gasteiger partial charge in [0.1, 0.15) is 0 Å². The number of nitro groups is 4. The van der Waals surface area contributed by atoms with Gasteiger partial charge in [0.2, 0.25) is 0 Å². The smallest absolute Gasteiger partial charge is 0.271 e. The molecule has 1 aliphatic heterocycles. The maximum absolute atomic E-state index is 10.7. The van der Waals surface area contributed by atoms with Gasteiger partial charge in [0, 0.05) is 86.8 Å². The largest absolute Gasteiger partial charge is 0.381 e. The fourth-order valence-corrected chi connectivity index (χ4v) is 10.2. The zero-order valence-electron chi connectivity index (χ0n) is 41.3. The molecular weight excluding hydrogens is 1020 g/mol. The second kappa shape index (κ2) is 29.0. The normalized spacial score (nSPS) is 15.2. The fourth-order valence-electron chi connectivity index (χ4n) is 9.09. The lowest BCUT2D eigenvalue weighted by Gasteiger charge is -2.36. The summed E-state index contributed by atoms with van der Waals surface area (Å²) in [6.07, 6.45) is 14.4. The van der Waals surface area contributed by atoms with Crippen molar-refractivity contribution in [2.45, 2.75) is 109 Å². The van der Waals surface area contributed by atoms with Crippen LogP contribution in [0.5, 0.6) is 0 Å². The quantitative estimate of drug-likeness (QED) is 0.0785. The van der Waals surface area contributed by atoms with Crippen molar-refractivity contribution < 1.29 is 19.7 Å². The summed E-state index contributed by atoms with van der Waals surface area (Å²) in [4.78, 5) is 47.6. The van der Waals surface area contributed by atoms with Crippen LogP contribution in [-0.4, -0.2) is 76.4 Å². The van der Waals surface area contributed by atoms with Gasteiger partial charge in [-0.1, -0.05) is 115 Å². The number of nitrogens with zero attached hydrogens (tertiary/aromatic N) is 7. The third kappa shape index (κ3) is 17.9. The Morgan fingerprint density at radius 2 is 0.986 bits per heavy atom. The van der Waals surface area contributed by atoms with Crippen molar-refractivity contribution in [3.8, 4) is 0 Å². The van der Waals surface area contributed by atoms with Gasteiger partial charge >= 0.3 is 0 Å². The van der Waals surface area contributed by atoms with Crippen molar-refractivity contribution in [1.29, 1.82) is 0 Å². The first-order chi connectivity index (χ1) is 34.9. The second-order valence-electron chi connectivity index (χ2n) is 18.2. The molecule has 0 unspecified atom stereocenters. The molecule has 2 N–H and O–H groups in total. The predicted octanol–water partition coefficient (Wildman–Crippen LogP) is 15.0. The van der Waals surface area contributed by atoms with Crippen molar-refractivity contribution in [1.82, 2.24) is 4.90 Å². The Morgan fingerprint density at radius 1 is 0.548 bits per heavy atom. The third-order valence-corrected chi connectivity index (χ3v) is 14.4. The standard InChI is InChI=1S/C14H19ClN2O2.C13H18ClN3O2.C13H11ClN2O2.C12H15ClN2O2/c1-2-16(11-6-4-3-5-7-11)14-9-8-12(17(18)19)10-13(14)15;1-15-7-5-10(6-8-15)16(2)13-4-3-11(17(18)19)9-12(13)14;14-12-8-11(16(17)18)6-7-13(12)15-9-10-4-2-1-3-5-10;13-11-8-10(15(16)17)6-7-12(11)14-9-4-2-1-3-5-9/h8-11H,2-7H2,1H3;3-4,9-10H,5-8H2,1-2H3;1-8,15H,9H2;6-9,14H,1-5H2. The Bertz CT molecular complexity index is 2620. The average Bonchev–Trinajstić information content (AvgIpc) is 3.38. The lowest BCUT2D eigenvalue weighted by Crippen LogP contribution is -2.42. The first-order valence-corrected chi connectivity index (χ1v) is 25.9. The molecule has 73 heavy (non-hydrogen) atoms. The van der Waals surface area contributed by atoms with Crippen molar-refractivity contribution in [2.75, 3.05) is 54.2 Å². The number of piperidine rings is 1. The molecule has 1 heterocycles. The fraction of sp³-hybridized carbons (Fsp3) is 0.423. The zero-order valence-corrected chi connectivity index (χ0v) is 44.3. The molecule has 5 aromatic rings. The number of hydrogen-bond donors (Lipinski definition) is 2. The highest BCUT2D eigenvalue weighted by Gasteiger charge is 2.25. The summed E-state index contributed by atoms with van der Waals surface area (Å²) in [6, 6.07) is 29.6. The maximum Gasteiger partial charge on any atom is 0.271 e. The van der Waals surface area contributed by atoms with Crippen LogP contribution < -0.4 is 20.4 Å². The van der Waals surface area contributed by atoms with Gasteiger partial charge in [-0.05, 0) is 95.4 Å². The van der Waals surface area contributed by atoms with Crippen LogP contribution in [0.15, 0.2) is 103 Å². The minimum Gasteiger partial charge on any atom is -0.381 e. The molecule has 0 atom stereocenters. The molecule has 2 saturated carbocycles. The van der Waals surface area contributed by atoms with Gasteiger partial charge in [-0.2, -0.15) is 0 Å². The number of halogens is 4. The molecule has 2 aliphatic carbocycles. The molecule has 0 radical (unpaired) electrons. The van der Waals surface area contributed by atoms with Gasteiger partial charge in [0.15, 0.2) is 0 Å². The Kier molecular flexibility index (Phi) is 23.0. The number of rotatable bonds is 14. The van der Waals surface area contributed by atoms with Crippen molar-refractivity contribution in [3.63, 3.8) is 0 Å². The number of anilines is 4. The average molecular weight is 1080 g/mol. The van der Waals surface area contributed by atoms with Crippen LogP contribution >= 0.6 is 46.4 Å². The first kappa shape index (κ1) is 57.9. The lowest BCUT2D eigenvalue weighted by molar-refractivity contribution is -0.385. The van der Waals surface area contributed by atoms with Crippen LogP contribution in [0.3, 0.4) is 0 Å². The Labute approximate surface area is 446 Å². The zero-order chi connectivity index (χ0) is 53.0. The van der Waals surface area contributed by atoms with Crippen LogP contribution in [-0.2, 0) is 6.54 Å². The summed E-state index contributed by atoms with van der Waals surface area (Å²) < 4.78 is 0. The molecule has 5 aromatic carbocycles. The van der Waals surface area contributed by atoms with Gasteiger partial charge in [-0.25, -0.2) is 0 Å². The lowest BCUT2D eigenvalue weighted by atomic mass is 9.94. The molecule has 17 nitrogen and oxygen atoms in total. The summed E-state index contributed by atoms with van der Waals surface area (Å²) in [5.74, 6) is 0. The summed E-state index contributed by atoms with van der Waals surface area (Å²) in [5, 5.41) is 50.8. The van der Waals surface area contributed by atoms with Gasteiger partial charge in [-0.15, -0.1) is 0 Å². The number of non-ortho nitro benzene ring substituents is 4. The maximum atomic E-state index is 10.7. The molecule has 392 valence electrons. The molecule has 3 fully saturated rings. The number of benzene rings is 5. The van der Waals surface area contributed by atoms with E-state index >= 15 is 0 Å². The second-order valence-corrected chi connectivity index (χ2v) is 19.8. The summed E-state index contributed by atoms with van der Waals surface area (Å²) in [5.41, 5.74) is 4.49. The van der Waals surface area contributed by atoms with Crippen LogP contribution in [0.2, 0.25) is 20.1 Å². The summed E-state index contributed by atoms with van der Waals surface area (Å²) in [7, 11) is 4.12. The summed E-state index contributed by atoms with van der Waals surface area (Å²) >= 11 is 24.4. The van der Waals surface area contributed by atoms with E-state index in [0.29, 0.717) is 50.4 Å². The molecule has 1 saturated heterocycles. The van der Waals surface area contributed by atoms with Gasteiger partial charge in [-0.3, -0.25) is 40.5 Å². The Hall–Kier alpha value is -5.98. The number of hydrogen-bond acceptors (Lipinski definition) is 13. The van der Waals surface area contributed by atoms with E-state index in [2.05, 4.69) is 39.3 Å². The molecular formula is C52H63Cl4N9O8. The molecule has 0 amide bonds. The minimum atomic E-state index is -0.465. The third-order valence-electron chi connectivity index (χ3n) is 13.2. The molecule has 0 aromatic heterocycles. The van der Waals surface area contributed by atoms with E-state index in [4.69, 9.17) is 46.4 Å². The Morgan fingerprint density at radius 3 is 1.44 bits per heavy atom. The predicted molar refractivity (Wildman–Crippen MR) is 296 cm³/mol. The molecule has 0 bridgehead atoms. The highest BCUT2D eigenvalue weighted by molar-refractivity contribution is 6.34. The Balaban J connectivity index is 0.000000181. The minimum absolute atomic E-state index is 0.00902. The van der Waals surface area contributed by atoms with E-state index in [1.54, 1.807) is 24.3 Å². The highest BCUT2D eigenvalue weighted by Crippen LogP contribution is 2.36. The number of likely N-dealkylation sites (tertiary alicyclic amines) is 1. The van der Waals surface area contributed by atoms with E-state index in [1.807, 2.05) is 37.4 Å². The topological polar surface area (TPSA) is 206 Å². The van der Waals surface area contributed by atoms with E-state index < -0.39 is 19.7 Å².